The van der Waals surface area contributed by atoms with Gasteiger partial charge in [0.1, 0.15) is 11.3 Å². The summed E-state index contributed by atoms with van der Waals surface area (Å²) in [6.45, 7) is 3.68. The summed E-state index contributed by atoms with van der Waals surface area (Å²) >= 11 is 3.18. The van der Waals surface area contributed by atoms with Crippen LogP contribution >= 0.6 is 15.9 Å². The number of aryl methyl sites for hydroxylation is 1. The number of phenolic OH excluding ortho intramolecular Hbond substituents is 1. The largest absolute Gasteiger partial charge is 0.508 e. The Bertz CT molecular complexity index is 964. The first-order chi connectivity index (χ1) is 10.8. The van der Waals surface area contributed by atoms with E-state index in [0.717, 1.165) is 11.1 Å². The Hall–Kier alpha value is -2.61. The van der Waals surface area contributed by atoms with Gasteiger partial charge in [-0.05, 0) is 52.5 Å². The van der Waals surface area contributed by atoms with Crippen LogP contribution in [0.5, 0.6) is 5.75 Å². The zero-order valence-electron chi connectivity index (χ0n) is 12.5. The van der Waals surface area contributed by atoms with Crippen molar-refractivity contribution >= 4 is 33.2 Å². The highest BCUT2D eigenvalue weighted by molar-refractivity contribution is 9.10. The monoisotopic (exact) mass is 375 g/mol. The van der Waals surface area contributed by atoms with Gasteiger partial charge in [-0.25, -0.2) is 9.50 Å². The van der Waals surface area contributed by atoms with E-state index in [0.29, 0.717) is 15.9 Å². The molecule has 0 spiro atoms. The van der Waals surface area contributed by atoms with Gasteiger partial charge < -0.3 is 16.6 Å². The maximum absolute atomic E-state index is 11.9. The molecule has 7 nitrogen and oxygen atoms in total. The van der Waals surface area contributed by atoms with Crippen molar-refractivity contribution in [3.05, 3.63) is 39.8 Å². The average molecular weight is 376 g/mol. The standard InChI is InChI=1S/C15H14BrN5O2/c1-6-3-4-9(22)7(2)10(6)8-5-21-14(19-15(16)20-21)11(12(8)17)13(18)23/h3-5,22H,17H2,1-2H3,(H2,18,23). The highest BCUT2D eigenvalue weighted by Gasteiger charge is 2.22. The molecular formula is C15H14BrN5O2. The number of benzene rings is 1. The molecule has 0 bridgehead atoms. The molecule has 0 aliphatic carbocycles. The van der Waals surface area contributed by atoms with Gasteiger partial charge in [-0.15, -0.1) is 5.10 Å². The van der Waals surface area contributed by atoms with Crippen molar-refractivity contribution in [2.24, 2.45) is 5.73 Å². The molecule has 2 heterocycles. The molecule has 0 atom stereocenters. The SMILES string of the molecule is Cc1ccc(O)c(C)c1-c1cn2nc(Br)nc2c(C(N)=O)c1N. The highest BCUT2D eigenvalue weighted by Crippen LogP contribution is 2.37. The normalized spacial score (nSPS) is 11.1. The Balaban J connectivity index is 2.46. The third-order valence-electron chi connectivity index (χ3n) is 3.80. The summed E-state index contributed by atoms with van der Waals surface area (Å²) in [6, 6.07) is 3.40. The van der Waals surface area contributed by atoms with Crippen LogP contribution in [0.4, 0.5) is 5.69 Å². The van der Waals surface area contributed by atoms with Crippen LogP contribution in [-0.4, -0.2) is 25.6 Å². The molecule has 0 aliphatic heterocycles. The molecule has 2 aromatic heterocycles. The first-order valence-corrected chi connectivity index (χ1v) is 7.54. The molecular weight excluding hydrogens is 362 g/mol. The molecule has 0 saturated carbocycles. The Morgan fingerprint density at radius 1 is 1.35 bits per heavy atom. The third kappa shape index (κ3) is 2.31. The lowest BCUT2D eigenvalue weighted by Crippen LogP contribution is -2.16. The molecule has 3 rings (SSSR count). The van der Waals surface area contributed by atoms with Crippen molar-refractivity contribution in [2.45, 2.75) is 13.8 Å². The molecule has 1 amide bonds. The number of carbonyl (C=O) groups is 1. The molecule has 8 heteroatoms. The van der Waals surface area contributed by atoms with Crippen molar-refractivity contribution in [1.29, 1.82) is 0 Å². The summed E-state index contributed by atoms with van der Waals surface area (Å²) in [7, 11) is 0. The number of aromatic hydroxyl groups is 1. The van der Waals surface area contributed by atoms with Gasteiger partial charge in [-0.2, -0.15) is 0 Å². The molecule has 23 heavy (non-hydrogen) atoms. The second-order valence-corrected chi connectivity index (χ2v) is 5.96. The number of nitrogens with two attached hydrogens (primary N) is 2. The number of pyridine rings is 1. The van der Waals surface area contributed by atoms with E-state index in [1.807, 2.05) is 6.92 Å². The molecule has 0 radical (unpaired) electrons. The predicted octanol–water partition coefficient (Wildman–Crippen LogP) is 2.16. The quantitative estimate of drug-likeness (QED) is 0.633. The number of hydrogen-bond donors (Lipinski definition) is 3. The molecule has 118 valence electrons. The van der Waals surface area contributed by atoms with Crippen molar-refractivity contribution in [1.82, 2.24) is 14.6 Å². The van der Waals surface area contributed by atoms with Gasteiger partial charge in [-0.1, -0.05) is 6.07 Å². The van der Waals surface area contributed by atoms with Gasteiger partial charge in [0, 0.05) is 11.8 Å². The van der Waals surface area contributed by atoms with Crippen LogP contribution in [0.2, 0.25) is 0 Å². The van der Waals surface area contributed by atoms with Gasteiger partial charge in [0.15, 0.2) is 5.65 Å². The number of hydrogen-bond acceptors (Lipinski definition) is 5. The van der Waals surface area contributed by atoms with Crippen molar-refractivity contribution < 1.29 is 9.90 Å². The van der Waals surface area contributed by atoms with Gasteiger partial charge in [0.2, 0.25) is 4.73 Å². The van der Waals surface area contributed by atoms with Gasteiger partial charge >= 0.3 is 0 Å². The molecule has 0 fully saturated rings. The Morgan fingerprint density at radius 3 is 2.70 bits per heavy atom. The number of fused-ring (bicyclic) bond motifs is 1. The maximum atomic E-state index is 11.9. The van der Waals surface area contributed by atoms with E-state index in [1.54, 1.807) is 25.3 Å². The lowest BCUT2D eigenvalue weighted by atomic mass is 9.93. The number of anilines is 1. The number of nitrogen functional groups attached to an aromatic ring is 1. The zero-order chi connectivity index (χ0) is 16.9. The second-order valence-electron chi connectivity index (χ2n) is 5.25. The van der Waals surface area contributed by atoms with Crippen LogP contribution in [0.1, 0.15) is 21.5 Å². The van der Waals surface area contributed by atoms with Crippen LogP contribution in [0.3, 0.4) is 0 Å². The molecule has 0 aliphatic rings. The molecule has 1 aromatic carbocycles. The summed E-state index contributed by atoms with van der Waals surface area (Å²) in [5.41, 5.74) is 15.1. The van der Waals surface area contributed by atoms with Crippen LogP contribution in [0, 0.1) is 13.8 Å². The van der Waals surface area contributed by atoms with E-state index >= 15 is 0 Å². The third-order valence-corrected chi connectivity index (χ3v) is 4.14. The first kappa shape index (κ1) is 15.3. The van der Waals surface area contributed by atoms with Crippen molar-refractivity contribution in [3.8, 4) is 16.9 Å². The fourth-order valence-electron chi connectivity index (χ4n) is 2.70. The summed E-state index contributed by atoms with van der Waals surface area (Å²) < 4.78 is 1.76. The topological polar surface area (TPSA) is 120 Å². The number of amides is 1. The van der Waals surface area contributed by atoms with Crippen molar-refractivity contribution in [2.75, 3.05) is 5.73 Å². The number of rotatable bonds is 2. The number of nitrogens with zero attached hydrogens (tertiary/aromatic N) is 3. The van der Waals surface area contributed by atoms with E-state index < -0.39 is 5.91 Å². The van der Waals surface area contributed by atoms with Gasteiger partial charge in [0.25, 0.3) is 5.91 Å². The van der Waals surface area contributed by atoms with E-state index in [-0.39, 0.29) is 22.6 Å². The maximum Gasteiger partial charge on any atom is 0.254 e. The van der Waals surface area contributed by atoms with Crippen LogP contribution in [0.25, 0.3) is 16.8 Å². The Morgan fingerprint density at radius 2 is 2.04 bits per heavy atom. The molecule has 0 saturated heterocycles. The van der Waals surface area contributed by atoms with Gasteiger partial charge in [0.05, 0.1) is 5.69 Å². The number of primary amides is 1. The van der Waals surface area contributed by atoms with Gasteiger partial charge in [-0.3, -0.25) is 4.79 Å². The molecule has 0 unspecified atom stereocenters. The molecule has 5 N–H and O–H groups in total. The Labute approximate surface area is 140 Å². The zero-order valence-corrected chi connectivity index (χ0v) is 14.0. The van der Waals surface area contributed by atoms with Crippen molar-refractivity contribution in [3.63, 3.8) is 0 Å². The smallest absolute Gasteiger partial charge is 0.254 e. The minimum atomic E-state index is -0.690. The van der Waals surface area contributed by atoms with E-state index in [4.69, 9.17) is 11.5 Å². The summed E-state index contributed by atoms with van der Waals surface area (Å²) in [4.78, 5) is 16.0. The minimum Gasteiger partial charge on any atom is -0.508 e. The first-order valence-electron chi connectivity index (χ1n) is 6.75. The van der Waals surface area contributed by atoms with Crippen LogP contribution in [0.15, 0.2) is 23.1 Å². The van der Waals surface area contributed by atoms with E-state index in [2.05, 4.69) is 26.0 Å². The highest BCUT2D eigenvalue weighted by atomic mass is 79.9. The number of phenols is 1. The second kappa shape index (κ2) is 5.24. The summed E-state index contributed by atoms with van der Waals surface area (Å²) in [5, 5.41) is 14.2. The number of carbonyl (C=O) groups excluding carboxylic acids is 1. The average Bonchev–Trinajstić information content (AvgIpc) is 2.83. The lowest BCUT2D eigenvalue weighted by Gasteiger charge is -2.15. The van der Waals surface area contributed by atoms with Crippen LogP contribution < -0.4 is 11.5 Å². The summed E-state index contributed by atoms with van der Waals surface area (Å²) in [6.07, 6.45) is 1.67. The fraction of sp³-hybridized carbons (Fsp3) is 0.133. The summed E-state index contributed by atoms with van der Waals surface area (Å²) in [5.74, 6) is -0.546. The van der Waals surface area contributed by atoms with E-state index in [9.17, 15) is 9.90 Å². The lowest BCUT2D eigenvalue weighted by molar-refractivity contribution is 0.100. The molecule has 3 aromatic rings. The Kier molecular flexibility index (Phi) is 3.48. The fourth-order valence-corrected chi connectivity index (χ4v) is 3.04. The number of aromatic nitrogens is 3. The predicted molar refractivity (Wildman–Crippen MR) is 90.2 cm³/mol. The minimum absolute atomic E-state index is 0.0999. The van der Waals surface area contributed by atoms with Crippen LogP contribution in [-0.2, 0) is 0 Å². The number of halogens is 1. The van der Waals surface area contributed by atoms with E-state index in [1.165, 1.54) is 4.52 Å².